The molecule has 1 N–H and O–H groups in total. The molecule has 7 rings (SSSR count). The molecule has 172 valence electrons. The lowest BCUT2D eigenvalue weighted by Gasteiger charge is -2.57. The van der Waals surface area contributed by atoms with Crippen LogP contribution in [-0.2, 0) is 4.79 Å². The molecule has 1 amide bonds. The molecular formula is C25H29ClFNO4. The number of ether oxygens (including phenoxy) is 1. The molecule has 0 aromatic heterocycles. The van der Waals surface area contributed by atoms with Crippen LogP contribution in [-0.4, -0.2) is 45.4 Å². The highest BCUT2D eigenvalue weighted by atomic mass is 35.5. The Morgan fingerprint density at radius 3 is 2.47 bits per heavy atom. The third kappa shape index (κ3) is 3.41. The minimum atomic E-state index is -1.03. The highest BCUT2D eigenvalue weighted by molar-refractivity contribution is 6.24. The van der Waals surface area contributed by atoms with Gasteiger partial charge in [-0.05, 0) is 93.1 Å². The first-order valence-electron chi connectivity index (χ1n) is 12.0. The molecule has 32 heavy (non-hydrogen) atoms. The Kier molecular flexibility index (Phi) is 4.76. The summed E-state index contributed by atoms with van der Waals surface area (Å²) < 4.78 is 21.8. The zero-order valence-electron chi connectivity index (χ0n) is 18.1. The van der Waals surface area contributed by atoms with Crippen LogP contribution in [0.25, 0.3) is 0 Å². The van der Waals surface area contributed by atoms with Crippen LogP contribution in [0, 0.1) is 23.6 Å². The number of carboxylic acids is 1. The first-order chi connectivity index (χ1) is 15.3. The van der Waals surface area contributed by atoms with Gasteiger partial charge in [-0.3, -0.25) is 4.79 Å². The van der Waals surface area contributed by atoms with Gasteiger partial charge < -0.3 is 14.7 Å². The van der Waals surface area contributed by atoms with Crippen molar-refractivity contribution in [3.05, 3.63) is 29.1 Å². The van der Waals surface area contributed by atoms with Crippen molar-refractivity contribution in [3.8, 4) is 5.75 Å². The van der Waals surface area contributed by atoms with Gasteiger partial charge in [0.15, 0.2) is 0 Å². The smallest absolute Gasteiger partial charge is 0.326 e. The van der Waals surface area contributed by atoms with Crippen molar-refractivity contribution >= 4 is 23.5 Å². The van der Waals surface area contributed by atoms with Crippen LogP contribution in [0.4, 0.5) is 4.39 Å². The molecule has 5 nitrogen and oxygen atoms in total. The summed E-state index contributed by atoms with van der Waals surface area (Å²) in [5.41, 5.74) is 0.868. The van der Waals surface area contributed by atoms with Crippen molar-refractivity contribution in [2.45, 2.75) is 80.7 Å². The van der Waals surface area contributed by atoms with E-state index in [0.717, 1.165) is 50.5 Å². The Hall–Kier alpha value is -1.82. The van der Waals surface area contributed by atoms with E-state index in [9.17, 15) is 14.7 Å². The average Bonchev–Trinajstić information content (AvgIpc) is 3.43. The molecule has 1 aromatic carbocycles. The maximum absolute atomic E-state index is 15.2. The third-order valence-electron chi connectivity index (χ3n) is 8.52. The molecule has 1 heterocycles. The Bertz CT molecular complexity index is 963. The number of alkyl halides is 1. The van der Waals surface area contributed by atoms with Crippen molar-refractivity contribution < 1.29 is 23.8 Å². The lowest BCUT2D eigenvalue weighted by atomic mass is 9.54. The summed E-state index contributed by atoms with van der Waals surface area (Å²) in [6, 6.07) is 2.15. The van der Waals surface area contributed by atoms with Gasteiger partial charge in [-0.15, -0.1) is 11.6 Å². The predicted octanol–water partition coefficient (Wildman–Crippen LogP) is 4.96. The number of benzene rings is 1. The molecule has 0 spiro atoms. The molecule has 1 aromatic rings. The van der Waals surface area contributed by atoms with Crippen molar-refractivity contribution in [2.24, 2.45) is 17.8 Å². The maximum Gasteiger partial charge on any atom is 0.326 e. The average molecular weight is 462 g/mol. The number of nitrogens with zero attached hydrogens (tertiary/aromatic N) is 1. The third-order valence-corrected chi connectivity index (χ3v) is 8.98. The number of carboxylic acid groups (broad SMARTS) is 1. The summed E-state index contributed by atoms with van der Waals surface area (Å²) in [5, 5.41) is 9.43. The fraction of sp³-hybridized carbons (Fsp3) is 0.680. The number of hydrogen-bond acceptors (Lipinski definition) is 3. The summed E-state index contributed by atoms with van der Waals surface area (Å²) in [7, 11) is 0. The number of carbonyl (C=O) groups excluding carboxylic acids is 1. The normalized spacial score (nSPS) is 37.7. The number of hydrogen-bond donors (Lipinski definition) is 1. The number of aliphatic carboxylic acids is 1. The van der Waals surface area contributed by atoms with E-state index in [1.165, 1.54) is 11.0 Å². The first kappa shape index (κ1) is 20.8. The van der Waals surface area contributed by atoms with Gasteiger partial charge in [-0.2, -0.15) is 0 Å². The largest absolute Gasteiger partial charge is 0.489 e. The number of halogens is 2. The van der Waals surface area contributed by atoms with Crippen LogP contribution in [0.5, 0.6) is 5.75 Å². The maximum atomic E-state index is 15.2. The second kappa shape index (κ2) is 7.34. The van der Waals surface area contributed by atoms with E-state index in [1.54, 1.807) is 6.07 Å². The van der Waals surface area contributed by atoms with Crippen LogP contribution in [0.1, 0.15) is 79.6 Å². The molecule has 1 aliphatic heterocycles. The fourth-order valence-corrected chi connectivity index (χ4v) is 7.80. The molecule has 5 aliphatic carbocycles. The molecule has 6 atom stereocenters. The molecular weight excluding hydrogens is 433 g/mol. The van der Waals surface area contributed by atoms with Gasteiger partial charge in [0.25, 0.3) is 5.91 Å². The van der Waals surface area contributed by atoms with Crippen LogP contribution >= 0.6 is 11.6 Å². The summed E-state index contributed by atoms with van der Waals surface area (Å²) in [5.74, 6) is 0.181. The zero-order valence-corrected chi connectivity index (χ0v) is 18.8. The predicted molar refractivity (Wildman–Crippen MR) is 117 cm³/mol. The topological polar surface area (TPSA) is 66.8 Å². The summed E-state index contributed by atoms with van der Waals surface area (Å²) in [4.78, 5) is 25.8. The Morgan fingerprint density at radius 1 is 1.12 bits per heavy atom. The van der Waals surface area contributed by atoms with E-state index in [1.807, 2.05) is 0 Å². The van der Waals surface area contributed by atoms with Crippen molar-refractivity contribution in [2.75, 3.05) is 6.54 Å². The highest BCUT2D eigenvalue weighted by Gasteiger charge is 2.56. The van der Waals surface area contributed by atoms with E-state index >= 15 is 4.39 Å². The lowest BCUT2D eigenvalue weighted by molar-refractivity contribution is -0.141. The monoisotopic (exact) mass is 461 g/mol. The van der Waals surface area contributed by atoms with E-state index in [4.69, 9.17) is 16.3 Å². The Labute approximate surface area is 192 Å². The lowest BCUT2D eigenvalue weighted by Crippen LogP contribution is -2.56. The molecule has 6 fully saturated rings. The molecule has 4 bridgehead atoms. The minimum absolute atomic E-state index is 0.0304. The summed E-state index contributed by atoms with van der Waals surface area (Å²) in [6.07, 6.45) is 8.42. The molecule has 1 saturated heterocycles. The fourth-order valence-electron chi connectivity index (χ4n) is 7.19. The highest BCUT2D eigenvalue weighted by Crippen LogP contribution is 2.59. The zero-order chi connectivity index (χ0) is 22.2. The molecule has 7 heteroatoms. The van der Waals surface area contributed by atoms with Gasteiger partial charge in [0.2, 0.25) is 0 Å². The Morgan fingerprint density at radius 2 is 1.84 bits per heavy atom. The van der Waals surface area contributed by atoms with Crippen LogP contribution in [0.2, 0.25) is 0 Å². The summed E-state index contributed by atoms with van der Waals surface area (Å²) >= 11 is 6.87. The number of rotatable bonds is 5. The van der Waals surface area contributed by atoms with Gasteiger partial charge in [0.05, 0.1) is 5.56 Å². The van der Waals surface area contributed by atoms with Gasteiger partial charge >= 0.3 is 5.97 Å². The van der Waals surface area contributed by atoms with E-state index in [0.29, 0.717) is 42.9 Å². The van der Waals surface area contributed by atoms with E-state index in [-0.39, 0.29) is 22.5 Å². The number of likely N-dealkylation sites (tertiary alicyclic amines) is 1. The van der Waals surface area contributed by atoms with Gasteiger partial charge in [-0.1, -0.05) is 0 Å². The molecule has 0 unspecified atom stereocenters. The summed E-state index contributed by atoms with van der Waals surface area (Å²) in [6.45, 7) is 0.346. The molecule has 5 saturated carbocycles. The van der Waals surface area contributed by atoms with Gasteiger partial charge in [0.1, 0.15) is 23.7 Å². The first-order valence-corrected chi connectivity index (χ1v) is 12.4. The van der Waals surface area contributed by atoms with Crippen molar-refractivity contribution in [1.29, 1.82) is 0 Å². The van der Waals surface area contributed by atoms with E-state index < -0.39 is 23.7 Å². The second-order valence-corrected chi connectivity index (χ2v) is 11.6. The van der Waals surface area contributed by atoms with Crippen LogP contribution < -0.4 is 4.74 Å². The standard InChI is InChI=1S/C25H29ClFNO4/c26-25-10-13-6-15(11-25)22(16(7-13)12-25)32-21-9-19(27)18(8-17(21)14-3-4-14)23(29)28-5-1-2-20(28)24(30)31/h8-9,13-16,20,22H,1-7,10-12H2,(H,30,31)/t13-,15+,16-,20-,22+,25-/m0/s1. The van der Waals surface area contributed by atoms with Gasteiger partial charge in [-0.25, -0.2) is 9.18 Å². The number of amides is 1. The van der Waals surface area contributed by atoms with Gasteiger partial charge in [0, 0.05) is 17.5 Å². The Balaban J connectivity index is 1.29. The SMILES string of the molecule is O=C(O)[C@@H]1CCCN1C(=O)c1cc(C2CC2)c(O[C@@H]2[C@@H]3C[C@H]4C[C@H]2C[C@](Cl)(C4)C3)cc1F. The second-order valence-electron chi connectivity index (χ2n) is 10.8. The van der Waals surface area contributed by atoms with E-state index in [2.05, 4.69) is 0 Å². The minimum Gasteiger partial charge on any atom is -0.489 e. The van der Waals surface area contributed by atoms with Crippen molar-refractivity contribution in [1.82, 2.24) is 4.90 Å². The molecule has 0 radical (unpaired) electrons. The quantitative estimate of drug-likeness (QED) is 0.629. The molecule has 6 aliphatic rings. The number of carbonyl (C=O) groups is 2. The van der Waals surface area contributed by atoms with Crippen LogP contribution in [0.3, 0.4) is 0 Å². The van der Waals surface area contributed by atoms with Crippen LogP contribution in [0.15, 0.2) is 12.1 Å². The van der Waals surface area contributed by atoms with Crippen molar-refractivity contribution in [3.63, 3.8) is 0 Å².